The Morgan fingerprint density at radius 3 is 2.64 bits per heavy atom. The number of anilines is 1. The highest BCUT2D eigenvalue weighted by Crippen LogP contribution is 2.21. The number of aromatic carboxylic acids is 1. The van der Waals surface area contributed by atoms with Crippen molar-refractivity contribution in [3.63, 3.8) is 0 Å². The predicted molar refractivity (Wildman–Crippen MR) is 92.1 cm³/mol. The lowest BCUT2D eigenvalue weighted by Crippen LogP contribution is -2.20. The van der Waals surface area contributed by atoms with Crippen molar-refractivity contribution < 1.29 is 19.8 Å². The van der Waals surface area contributed by atoms with Crippen molar-refractivity contribution in [2.45, 2.75) is 0 Å². The van der Waals surface area contributed by atoms with Gasteiger partial charge in [-0.15, -0.1) is 0 Å². The zero-order valence-electron chi connectivity index (χ0n) is 13.5. The largest absolute Gasteiger partial charge is 0.478 e. The molecule has 0 bridgehead atoms. The molecule has 0 radical (unpaired) electrons. The molecule has 0 aliphatic rings. The van der Waals surface area contributed by atoms with E-state index in [-0.39, 0.29) is 12.3 Å². The van der Waals surface area contributed by atoms with Crippen molar-refractivity contribution in [3.8, 4) is 16.9 Å². The van der Waals surface area contributed by atoms with Gasteiger partial charge in [0.25, 0.3) is 0 Å². The molecule has 2 N–H and O–H groups in total. The molecule has 0 atom stereocenters. The number of carboxylic acids is 1. The fourth-order valence-corrected chi connectivity index (χ4v) is 2.41. The third-order valence-corrected chi connectivity index (χ3v) is 3.66. The SMILES string of the molecule is COCN(O)c1ccc(-n2ccc(-c3cccc(C(=O)O)c3)n2)cc1. The molecule has 3 rings (SSSR count). The molecule has 128 valence electrons. The van der Waals surface area contributed by atoms with E-state index in [9.17, 15) is 10.0 Å². The van der Waals surface area contributed by atoms with Crippen LogP contribution in [0.3, 0.4) is 0 Å². The Balaban J connectivity index is 1.84. The van der Waals surface area contributed by atoms with E-state index in [1.54, 1.807) is 41.2 Å². The van der Waals surface area contributed by atoms with Crippen LogP contribution < -0.4 is 5.06 Å². The molecule has 0 saturated carbocycles. The standard InChI is InChI=1S/C18H17N3O4/c1-25-12-21(24)16-7-5-15(6-8-16)20-10-9-17(19-20)13-3-2-4-14(11-13)18(22)23/h2-11,24H,12H2,1H3,(H,22,23). The number of nitrogens with zero attached hydrogens (tertiary/aromatic N) is 3. The lowest BCUT2D eigenvalue weighted by molar-refractivity contribution is 0.0697. The summed E-state index contributed by atoms with van der Waals surface area (Å²) in [6, 6.07) is 15.6. The van der Waals surface area contributed by atoms with E-state index in [2.05, 4.69) is 5.10 Å². The zero-order chi connectivity index (χ0) is 17.8. The van der Waals surface area contributed by atoms with Gasteiger partial charge in [-0.3, -0.25) is 5.21 Å². The molecule has 0 amide bonds. The van der Waals surface area contributed by atoms with Crippen LogP contribution >= 0.6 is 0 Å². The number of carboxylic acid groups (broad SMARTS) is 1. The van der Waals surface area contributed by atoms with E-state index in [1.807, 2.05) is 24.3 Å². The molecular formula is C18H17N3O4. The number of rotatable bonds is 6. The normalized spacial score (nSPS) is 10.6. The van der Waals surface area contributed by atoms with Gasteiger partial charge in [0.15, 0.2) is 0 Å². The van der Waals surface area contributed by atoms with Gasteiger partial charge in [0.1, 0.15) is 6.73 Å². The molecular weight excluding hydrogens is 322 g/mol. The van der Waals surface area contributed by atoms with Gasteiger partial charge in [-0.25, -0.2) is 14.5 Å². The van der Waals surface area contributed by atoms with Gasteiger partial charge >= 0.3 is 5.97 Å². The summed E-state index contributed by atoms with van der Waals surface area (Å²) in [6.45, 7) is 0.0746. The number of aromatic nitrogens is 2. The highest BCUT2D eigenvalue weighted by molar-refractivity contribution is 5.89. The Morgan fingerprint density at radius 1 is 1.20 bits per heavy atom. The quantitative estimate of drug-likeness (QED) is 0.530. The molecule has 0 fully saturated rings. The van der Waals surface area contributed by atoms with Crippen molar-refractivity contribution in [3.05, 3.63) is 66.4 Å². The monoisotopic (exact) mass is 339 g/mol. The number of hydroxylamine groups is 1. The second kappa shape index (κ2) is 7.16. The second-order valence-corrected chi connectivity index (χ2v) is 5.37. The summed E-state index contributed by atoms with van der Waals surface area (Å²) in [5, 5.41) is 24.3. The smallest absolute Gasteiger partial charge is 0.335 e. The minimum Gasteiger partial charge on any atom is -0.478 e. The van der Waals surface area contributed by atoms with Crippen molar-refractivity contribution in [1.29, 1.82) is 0 Å². The number of hydrogen-bond acceptors (Lipinski definition) is 5. The van der Waals surface area contributed by atoms with E-state index >= 15 is 0 Å². The third kappa shape index (κ3) is 3.68. The summed E-state index contributed by atoms with van der Waals surface area (Å²) < 4.78 is 6.55. The van der Waals surface area contributed by atoms with Crippen molar-refractivity contribution in [2.75, 3.05) is 18.9 Å². The predicted octanol–water partition coefficient (Wildman–Crippen LogP) is 3.04. The van der Waals surface area contributed by atoms with Crippen LogP contribution in [0.15, 0.2) is 60.8 Å². The van der Waals surface area contributed by atoms with Crippen LogP contribution in [0, 0.1) is 0 Å². The van der Waals surface area contributed by atoms with Crippen LogP contribution in [0.5, 0.6) is 0 Å². The number of hydrogen-bond donors (Lipinski definition) is 2. The molecule has 3 aromatic rings. The molecule has 1 aromatic heterocycles. The van der Waals surface area contributed by atoms with Crippen LogP contribution in [0.2, 0.25) is 0 Å². The van der Waals surface area contributed by atoms with Gasteiger partial charge in [-0.2, -0.15) is 5.10 Å². The Morgan fingerprint density at radius 2 is 1.96 bits per heavy atom. The van der Waals surface area contributed by atoms with Gasteiger partial charge in [-0.1, -0.05) is 12.1 Å². The Labute approximate surface area is 144 Å². The number of ether oxygens (including phenoxy) is 1. The van der Waals surface area contributed by atoms with E-state index in [0.29, 0.717) is 11.4 Å². The highest BCUT2D eigenvalue weighted by atomic mass is 16.6. The highest BCUT2D eigenvalue weighted by Gasteiger charge is 2.08. The van der Waals surface area contributed by atoms with Crippen LogP contribution in [0.25, 0.3) is 16.9 Å². The molecule has 0 aliphatic heterocycles. The van der Waals surface area contributed by atoms with Crippen LogP contribution in [0.1, 0.15) is 10.4 Å². The first-order valence-corrected chi connectivity index (χ1v) is 7.53. The molecule has 2 aromatic carbocycles. The van der Waals surface area contributed by atoms with Gasteiger partial charge < -0.3 is 9.84 Å². The maximum Gasteiger partial charge on any atom is 0.335 e. The minimum absolute atomic E-state index is 0.0746. The number of carbonyl (C=O) groups is 1. The van der Waals surface area contributed by atoms with Crippen molar-refractivity contribution in [2.24, 2.45) is 0 Å². The first kappa shape index (κ1) is 16.7. The van der Waals surface area contributed by atoms with E-state index in [1.165, 1.54) is 7.11 Å². The van der Waals surface area contributed by atoms with Crippen LogP contribution in [-0.2, 0) is 4.74 Å². The molecule has 0 aliphatic carbocycles. The first-order chi connectivity index (χ1) is 12.1. The van der Waals surface area contributed by atoms with E-state index in [4.69, 9.17) is 9.84 Å². The fourth-order valence-electron chi connectivity index (χ4n) is 2.41. The van der Waals surface area contributed by atoms with E-state index < -0.39 is 5.97 Å². The summed E-state index contributed by atoms with van der Waals surface area (Å²) in [4.78, 5) is 11.1. The summed E-state index contributed by atoms with van der Waals surface area (Å²) >= 11 is 0. The topological polar surface area (TPSA) is 87.8 Å². The van der Waals surface area contributed by atoms with Crippen LogP contribution in [0.4, 0.5) is 5.69 Å². The lowest BCUT2D eigenvalue weighted by atomic mass is 10.1. The molecule has 7 nitrogen and oxygen atoms in total. The van der Waals surface area contributed by atoms with Crippen molar-refractivity contribution >= 4 is 11.7 Å². The fraction of sp³-hybridized carbons (Fsp3) is 0.111. The Hall–Kier alpha value is -3.16. The van der Waals surface area contributed by atoms with Gasteiger partial charge in [0.05, 0.1) is 22.6 Å². The second-order valence-electron chi connectivity index (χ2n) is 5.37. The maximum absolute atomic E-state index is 11.1. The first-order valence-electron chi connectivity index (χ1n) is 7.53. The third-order valence-electron chi connectivity index (χ3n) is 3.66. The maximum atomic E-state index is 11.1. The molecule has 1 heterocycles. The molecule has 0 saturated heterocycles. The van der Waals surface area contributed by atoms with E-state index in [0.717, 1.165) is 16.3 Å². The minimum atomic E-state index is -0.971. The lowest BCUT2D eigenvalue weighted by Gasteiger charge is -2.15. The average molecular weight is 339 g/mol. The molecule has 0 unspecified atom stereocenters. The molecule has 0 spiro atoms. The van der Waals surface area contributed by atoms with Gasteiger partial charge in [0.2, 0.25) is 0 Å². The van der Waals surface area contributed by atoms with Crippen molar-refractivity contribution in [1.82, 2.24) is 9.78 Å². The zero-order valence-corrected chi connectivity index (χ0v) is 13.5. The van der Waals surface area contributed by atoms with Gasteiger partial charge in [-0.05, 0) is 42.5 Å². The Bertz CT molecular complexity index is 874. The number of methoxy groups -OCH3 is 1. The molecule has 7 heteroatoms. The molecule has 25 heavy (non-hydrogen) atoms. The summed E-state index contributed by atoms with van der Waals surface area (Å²) in [5.41, 5.74) is 3.05. The van der Waals surface area contributed by atoms with Gasteiger partial charge in [0, 0.05) is 18.9 Å². The summed E-state index contributed by atoms with van der Waals surface area (Å²) in [7, 11) is 1.50. The Kier molecular flexibility index (Phi) is 4.78. The summed E-state index contributed by atoms with van der Waals surface area (Å²) in [6.07, 6.45) is 1.80. The number of benzene rings is 2. The van der Waals surface area contributed by atoms with Crippen LogP contribution in [-0.4, -0.2) is 39.9 Å². The summed E-state index contributed by atoms with van der Waals surface area (Å²) in [5.74, 6) is -0.971. The average Bonchev–Trinajstić information content (AvgIpc) is 3.12.